The number of nitrogens with zero attached hydrogens (tertiary/aromatic N) is 2. The van der Waals surface area contributed by atoms with Gasteiger partial charge >= 0.3 is 5.97 Å². The van der Waals surface area contributed by atoms with E-state index < -0.39 is 11.8 Å². The van der Waals surface area contributed by atoms with Crippen LogP contribution in [0.15, 0.2) is 24.4 Å². The number of esters is 1. The molecule has 104 valence electrons. The van der Waals surface area contributed by atoms with Crippen molar-refractivity contribution in [2.75, 3.05) is 6.61 Å². The standard InChI is InChI=1S/C13H10ClFN2O3/c1-2-20-13(19)12-8(7-18)6-17(16-12)9-3-4-11(15)10(14)5-9/h3-7H,2H2,1H3. The second-order valence-corrected chi connectivity index (χ2v) is 4.22. The van der Waals surface area contributed by atoms with E-state index in [1.165, 1.54) is 29.1 Å². The lowest BCUT2D eigenvalue weighted by atomic mass is 10.3. The number of ether oxygens (including phenoxy) is 1. The van der Waals surface area contributed by atoms with Crippen LogP contribution in [0, 0.1) is 5.82 Å². The van der Waals surface area contributed by atoms with Crippen molar-refractivity contribution in [3.05, 3.63) is 46.5 Å². The third-order valence-corrected chi connectivity index (χ3v) is 2.80. The molecule has 1 heterocycles. The Kier molecular flexibility index (Phi) is 4.14. The Labute approximate surface area is 118 Å². The van der Waals surface area contributed by atoms with Gasteiger partial charge in [0.1, 0.15) is 5.82 Å². The first-order valence-corrected chi connectivity index (χ1v) is 6.12. The molecular weight excluding hydrogens is 287 g/mol. The molecule has 0 unspecified atom stereocenters. The first kappa shape index (κ1) is 14.2. The van der Waals surface area contributed by atoms with Gasteiger partial charge in [-0.1, -0.05) is 11.6 Å². The van der Waals surface area contributed by atoms with Crippen LogP contribution in [0.25, 0.3) is 5.69 Å². The molecule has 0 bridgehead atoms. The molecule has 1 aromatic heterocycles. The zero-order chi connectivity index (χ0) is 14.7. The summed E-state index contributed by atoms with van der Waals surface area (Å²) in [6.45, 7) is 1.82. The monoisotopic (exact) mass is 296 g/mol. The molecule has 0 aliphatic heterocycles. The molecule has 0 spiro atoms. The first-order chi connectivity index (χ1) is 9.56. The lowest BCUT2D eigenvalue weighted by Crippen LogP contribution is -2.08. The highest BCUT2D eigenvalue weighted by molar-refractivity contribution is 6.30. The van der Waals surface area contributed by atoms with Crippen molar-refractivity contribution < 1.29 is 18.7 Å². The van der Waals surface area contributed by atoms with Crippen molar-refractivity contribution in [2.24, 2.45) is 0 Å². The van der Waals surface area contributed by atoms with Gasteiger partial charge in [-0.15, -0.1) is 0 Å². The number of carbonyl (C=O) groups is 2. The molecule has 0 aliphatic carbocycles. The Morgan fingerprint density at radius 2 is 2.30 bits per heavy atom. The van der Waals surface area contributed by atoms with Gasteiger partial charge in [0.05, 0.1) is 22.9 Å². The minimum absolute atomic E-state index is 0.0802. The number of halogens is 2. The molecule has 0 fully saturated rings. The van der Waals surface area contributed by atoms with E-state index in [1.807, 2.05) is 0 Å². The molecule has 0 N–H and O–H groups in total. The van der Waals surface area contributed by atoms with Gasteiger partial charge in [0, 0.05) is 6.20 Å². The number of carbonyl (C=O) groups excluding carboxylic acids is 2. The van der Waals surface area contributed by atoms with Crippen LogP contribution in [0.3, 0.4) is 0 Å². The average molecular weight is 297 g/mol. The van der Waals surface area contributed by atoms with E-state index in [9.17, 15) is 14.0 Å². The predicted octanol–water partition coefficient (Wildman–Crippen LogP) is 2.65. The Hall–Kier alpha value is -2.21. The third kappa shape index (κ3) is 2.70. The van der Waals surface area contributed by atoms with E-state index in [0.29, 0.717) is 12.0 Å². The quantitative estimate of drug-likeness (QED) is 0.643. The lowest BCUT2D eigenvalue weighted by Gasteiger charge is -2.02. The van der Waals surface area contributed by atoms with Crippen molar-refractivity contribution in [3.8, 4) is 5.69 Å². The summed E-state index contributed by atoms with van der Waals surface area (Å²) in [7, 11) is 0. The number of hydrogen-bond donors (Lipinski definition) is 0. The van der Waals surface area contributed by atoms with Gasteiger partial charge in [0.2, 0.25) is 0 Å². The minimum atomic E-state index is -0.693. The van der Waals surface area contributed by atoms with Gasteiger partial charge in [-0.2, -0.15) is 5.10 Å². The van der Waals surface area contributed by atoms with Crippen LogP contribution < -0.4 is 0 Å². The average Bonchev–Trinajstić information content (AvgIpc) is 2.86. The highest BCUT2D eigenvalue weighted by atomic mass is 35.5. The summed E-state index contributed by atoms with van der Waals surface area (Å²) in [5.74, 6) is -1.26. The number of hydrogen-bond acceptors (Lipinski definition) is 4. The maximum Gasteiger partial charge on any atom is 0.359 e. The van der Waals surface area contributed by atoms with E-state index in [-0.39, 0.29) is 22.9 Å². The topological polar surface area (TPSA) is 61.2 Å². The van der Waals surface area contributed by atoms with Crippen LogP contribution in [-0.2, 0) is 4.74 Å². The van der Waals surface area contributed by atoms with Gasteiger partial charge in [-0.3, -0.25) is 4.79 Å². The summed E-state index contributed by atoms with van der Waals surface area (Å²) in [6.07, 6.45) is 1.85. The highest BCUT2D eigenvalue weighted by Gasteiger charge is 2.18. The Bertz CT molecular complexity index is 670. The smallest absolute Gasteiger partial charge is 0.359 e. The zero-order valence-corrected chi connectivity index (χ0v) is 11.2. The van der Waals surface area contributed by atoms with Gasteiger partial charge in [-0.25, -0.2) is 13.9 Å². The molecule has 2 aromatic rings. The van der Waals surface area contributed by atoms with Gasteiger partial charge in [0.15, 0.2) is 12.0 Å². The van der Waals surface area contributed by atoms with Crippen LogP contribution >= 0.6 is 11.6 Å². The molecule has 2 rings (SSSR count). The number of aldehydes is 1. The molecule has 0 saturated heterocycles. The number of aromatic nitrogens is 2. The maximum absolute atomic E-state index is 13.1. The fraction of sp³-hybridized carbons (Fsp3) is 0.154. The summed E-state index contributed by atoms with van der Waals surface area (Å²) >= 11 is 5.68. The van der Waals surface area contributed by atoms with Crippen LogP contribution in [-0.4, -0.2) is 28.6 Å². The van der Waals surface area contributed by atoms with Crippen LogP contribution in [0.4, 0.5) is 4.39 Å². The molecule has 0 saturated carbocycles. The summed E-state index contributed by atoms with van der Waals surface area (Å²) in [4.78, 5) is 22.6. The second-order valence-electron chi connectivity index (χ2n) is 3.81. The Morgan fingerprint density at radius 1 is 1.55 bits per heavy atom. The normalized spacial score (nSPS) is 10.3. The van der Waals surface area contributed by atoms with Crippen LogP contribution in [0.1, 0.15) is 27.8 Å². The van der Waals surface area contributed by atoms with Crippen molar-refractivity contribution in [2.45, 2.75) is 6.92 Å². The van der Waals surface area contributed by atoms with E-state index in [0.717, 1.165) is 0 Å². The largest absolute Gasteiger partial charge is 0.461 e. The third-order valence-electron chi connectivity index (χ3n) is 2.51. The summed E-state index contributed by atoms with van der Waals surface area (Å²) < 4.78 is 19.2. The molecule has 5 nitrogen and oxygen atoms in total. The first-order valence-electron chi connectivity index (χ1n) is 5.74. The van der Waals surface area contributed by atoms with E-state index in [1.54, 1.807) is 6.92 Å². The summed E-state index contributed by atoms with van der Waals surface area (Å²) in [6, 6.07) is 3.94. The van der Waals surface area contributed by atoms with Crippen molar-refractivity contribution in [1.82, 2.24) is 9.78 Å². The molecular formula is C13H10ClFN2O3. The van der Waals surface area contributed by atoms with Gasteiger partial charge in [0.25, 0.3) is 0 Å². The highest BCUT2D eigenvalue weighted by Crippen LogP contribution is 2.19. The zero-order valence-electron chi connectivity index (χ0n) is 10.5. The second kappa shape index (κ2) is 5.83. The molecule has 0 atom stereocenters. The fourth-order valence-electron chi connectivity index (χ4n) is 1.59. The fourth-order valence-corrected chi connectivity index (χ4v) is 1.77. The Balaban J connectivity index is 2.45. The SMILES string of the molecule is CCOC(=O)c1nn(-c2ccc(F)c(Cl)c2)cc1C=O. The molecule has 1 aromatic carbocycles. The predicted molar refractivity (Wildman–Crippen MR) is 69.9 cm³/mol. The number of benzene rings is 1. The van der Waals surface area contributed by atoms with Crippen LogP contribution in [0.5, 0.6) is 0 Å². The number of rotatable bonds is 4. The molecule has 0 radical (unpaired) electrons. The maximum atomic E-state index is 13.1. The van der Waals surface area contributed by atoms with E-state index in [4.69, 9.17) is 16.3 Å². The van der Waals surface area contributed by atoms with Crippen LogP contribution in [0.2, 0.25) is 5.02 Å². The minimum Gasteiger partial charge on any atom is -0.461 e. The molecule has 0 amide bonds. The van der Waals surface area contributed by atoms with Gasteiger partial charge < -0.3 is 4.74 Å². The van der Waals surface area contributed by atoms with E-state index in [2.05, 4.69) is 5.10 Å². The molecule has 7 heteroatoms. The van der Waals surface area contributed by atoms with Crippen molar-refractivity contribution in [3.63, 3.8) is 0 Å². The molecule has 0 aliphatic rings. The molecule has 20 heavy (non-hydrogen) atoms. The summed E-state index contributed by atoms with van der Waals surface area (Å²) in [5, 5.41) is 3.89. The van der Waals surface area contributed by atoms with Crippen molar-refractivity contribution in [1.29, 1.82) is 0 Å². The summed E-state index contributed by atoms with van der Waals surface area (Å²) in [5.41, 5.74) is 0.418. The van der Waals surface area contributed by atoms with Crippen molar-refractivity contribution >= 4 is 23.9 Å². The lowest BCUT2D eigenvalue weighted by molar-refractivity contribution is 0.0517. The Morgan fingerprint density at radius 3 is 2.90 bits per heavy atom. The van der Waals surface area contributed by atoms with Gasteiger partial charge in [-0.05, 0) is 25.1 Å². The van der Waals surface area contributed by atoms with E-state index >= 15 is 0 Å².